The van der Waals surface area contributed by atoms with Gasteiger partial charge in [-0.1, -0.05) is 36.7 Å². The van der Waals surface area contributed by atoms with Crippen molar-refractivity contribution in [2.24, 2.45) is 0 Å². The number of amides is 1. The van der Waals surface area contributed by atoms with Crippen molar-refractivity contribution in [1.82, 2.24) is 14.9 Å². The van der Waals surface area contributed by atoms with Gasteiger partial charge in [-0.3, -0.25) is 14.2 Å². The minimum absolute atomic E-state index is 0.0110. The lowest BCUT2D eigenvalue weighted by molar-refractivity contribution is -0.118. The molecule has 1 aliphatic rings. The molecule has 1 saturated carbocycles. The van der Waals surface area contributed by atoms with Gasteiger partial charge in [0.1, 0.15) is 0 Å². The number of thioether (sulfide) groups is 1. The van der Waals surface area contributed by atoms with Crippen LogP contribution < -0.4 is 10.9 Å². The maximum atomic E-state index is 12.9. The van der Waals surface area contributed by atoms with E-state index >= 15 is 0 Å². The van der Waals surface area contributed by atoms with Gasteiger partial charge < -0.3 is 5.32 Å². The Morgan fingerprint density at radius 3 is 2.82 bits per heavy atom. The van der Waals surface area contributed by atoms with E-state index in [1.165, 1.54) is 11.8 Å². The Morgan fingerprint density at radius 1 is 1.36 bits per heavy atom. The van der Waals surface area contributed by atoms with Crippen LogP contribution in [0.5, 0.6) is 0 Å². The molecule has 3 rings (SSSR count). The Bertz CT molecular complexity index is 751. The lowest BCUT2D eigenvalue weighted by Gasteiger charge is -2.18. The molecule has 116 valence electrons. The van der Waals surface area contributed by atoms with E-state index in [0.29, 0.717) is 16.1 Å². The SMILES string of the molecule is CNC(=O)CSc1nc2ccccc2c(=O)n1C1CCCC1. The molecule has 1 fully saturated rings. The summed E-state index contributed by atoms with van der Waals surface area (Å²) in [7, 11) is 1.61. The Morgan fingerprint density at radius 2 is 2.09 bits per heavy atom. The summed E-state index contributed by atoms with van der Waals surface area (Å²) in [4.78, 5) is 29.0. The molecule has 0 atom stereocenters. The standard InChI is InChI=1S/C16H19N3O2S/c1-17-14(20)10-22-16-18-13-9-5-4-8-12(13)15(21)19(16)11-6-2-3-7-11/h4-5,8-9,11H,2-3,6-7,10H2,1H3,(H,17,20). The average Bonchev–Trinajstić information content (AvgIpc) is 3.06. The van der Waals surface area contributed by atoms with E-state index in [0.717, 1.165) is 25.7 Å². The molecule has 1 aromatic heterocycles. The normalized spacial score (nSPS) is 15.3. The number of aromatic nitrogens is 2. The van der Waals surface area contributed by atoms with E-state index in [1.54, 1.807) is 7.05 Å². The van der Waals surface area contributed by atoms with E-state index in [1.807, 2.05) is 28.8 Å². The van der Waals surface area contributed by atoms with Gasteiger partial charge >= 0.3 is 0 Å². The zero-order valence-electron chi connectivity index (χ0n) is 12.5. The average molecular weight is 317 g/mol. The molecule has 0 saturated heterocycles. The quantitative estimate of drug-likeness (QED) is 0.694. The van der Waals surface area contributed by atoms with Gasteiger partial charge in [0.2, 0.25) is 5.91 Å². The number of para-hydroxylation sites is 1. The van der Waals surface area contributed by atoms with Crippen LogP contribution in [-0.2, 0) is 4.79 Å². The van der Waals surface area contributed by atoms with Gasteiger partial charge in [0.25, 0.3) is 5.56 Å². The minimum Gasteiger partial charge on any atom is -0.358 e. The maximum Gasteiger partial charge on any atom is 0.262 e. The van der Waals surface area contributed by atoms with Gasteiger partial charge in [0.15, 0.2) is 5.16 Å². The fraction of sp³-hybridized carbons (Fsp3) is 0.438. The third-order valence-corrected chi connectivity index (χ3v) is 5.03. The summed E-state index contributed by atoms with van der Waals surface area (Å²) in [5.74, 6) is 0.207. The lowest BCUT2D eigenvalue weighted by atomic mass is 10.2. The van der Waals surface area contributed by atoms with Crippen LogP contribution in [0.25, 0.3) is 10.9 Å². The highest BCUT2D eigenvalue weighted by Crippen LogP contribution is 2.32. The highest BCUT2D eigenvalue weighted by Gasteiger charge is 2.23. The van der Waals surface area contributed by atoms with E-state index in [9.17, 15) is 9.59 Å². The smallest absolute Gasteiger partial charge is 0.262 e. The van der Waals surface area contributed by atoms with Crippen molar-refractivity contribution in [3.05, 3.63) is 34.6 Å². The Hall–Kier alpha value is -1.82. The van der Waals surface area contributed by atoms with Crippen molar-refractivity contribution in [2.45, 2.75) is 36.9 Å². The first kappa shape index (κ1) is 15.1. The van der Waals surface area contributed by atoms with Crippen LogP contribution in [-0.4, -0.2) is 28.3 Å². The van der Waals surface area contributed by atoms with Gasteiger partial charge in [-0.15, -0.1) is 0 Å². The summed E-state index contributed by atoms with van der Waals surface area (Å²) in [6, 6.07) is 7.61. The van der Waals surface area contributed by atoms with Crippen LogP contribution in [0, 0.1) is 0 Å². The number of rotatable bonds is 4. The zero-order chi connectivity index (χ0) is 15.5. The second-order valence-corrected chi connectivity index (χ2v) is 6.43. The molecule has 1 N–H and O–H groups in total. The van der Waals surface area contributed by atoms with E-state index in [2.05, 4.69) is 10.3 Å². The van der Waals surface area contributed by atoms with Crippen LogP contribution in [0.3, 0.4) is 0 Å². The summed E-state index contributed by atoms with van der Waals surface area (Å²) in [6.45, 7) is 0. The number of hydrogen-bond donors (Lipinski definition) is 1. The van der Waals surface area contributed by atoms with Crippen molar-refractivity contribution in [1.29, 1.82) is 0 Å². The van der Waals surface area contributed by atoms with Crippen LogP contribution in [0.15, 0.2) is 34.2 Å². The number of fused-ring (bicyclic) bond motifs is 1. The number of nitrogens with one attached hydrogen (secondary N) is 1. The highest BCUT2D eigenvalue weighted by molar-refractivity contribution is 7.99. The van der Waals surface area contributed by atoms with Gasteiger partial charge in [-0.25, -0.2) is 4.98 Å². The number of carbonyl (C=O) groups is 1. The Kier molecular flexibility index (Phi) is 4.47. The largest absolute Gasteiger partial charge is 0.358 e. The lowest BCUT2D eigenvalue weighted by Crippen LogP contribution is -2.27. The predicted molar refractivity (Wildman–Crippen MR) is 88.3 cm³/mol. The first-order chi connectivity index (χ1) is 10.7. The van der Waals surface area contributed by atoms with Crippen molar-refractivity contribution in [3.8, 4) is 0 Å². The molecule has 0 radical (unpaired) electrons. The van der Waals surface area contributed by atoms with Crippen molar-refractivity contribution >= 4 is 28.6 Å². The van der Waals surface area contributed by atoms with E-state index in [-0.39, 0.29) is 23.3 Å². The van der Waals surface area contributed by atoms with E-state index in [4.69, 9.17) is 0 Å². The van der Waals surface area contributed by atoms with Gasteiger partial charge in [0, 0.05) is 13.1 Å². The monoisotopic (exact) mass is 317 g/mol. The molecule has 2 aromatic rings. The molecular weight excluding hydrogens is 298 g/mol. The van der Waals surface area contributed by atoms with Crippen LogP contribution >= 0.6 is 11.8 Å². The molecule has 1 aromatic carbocycles. The topological polar surface area (TPSA) is 64.0 Å². The minimum atomic E-state index is -0.0645. The summed E-state index contributed by atoms with van der Waals surface area (Å²) < 4.78 is 1.81. The fourth-order valence-electron chi connectivity index (χ4n) is 2.91. The third kappa shape index (κ3) is 2.88. The Labute approximate surface area is 133 Å². The molecular formula is C16H19N3O2S. The molecule has 5 nitrogen and oxygen atoms in total. The molecule has 1 amide bonds. The molecule has 0 aliphatic heterocycles. The van der Waals surface area contributed by atoms with Crippen LogP contribution in [0.2, 0.25) is 0 Å². The predicted octanol–water partition coefficient (Wildman–Crippen LogP) is 2.35. The summed E-state index contributed by atoms with van der Waals surface area (Å²) in [5.41, 5.74) is 0.707. The Balaban J connectivity index is 2.08. The number of benzene rings is 1. The number of hydrogen-bond acceptors (Lipinski definition) is 4. The molecule has 1 heterocycles. The van der Waals surface area contributed by atoms with Crippen molar-refractivity contribution < 1.29 is 4.79 Å². The number of carbonyl (C=O) groups excluding carboxylic acids is 1. The molecule has 0 unspecified atom stereocenters. The summed E-state index contributed by atoms with van der Waals surface area (Å²) in [6.07, 6.45) is 4.30. The van der Waals surface area contributed by atoms with Crippen molar-refractivity contribution in [3.63, 3.8) is 0 Å². The third-order valence-electron chi connectivity index (χ3n) is 4.08. The first-order valence-electron chi connectivity index (χ1n) is 7.55. The maximum absolute atomic E-state index is 12.9. The summed E-state index contributed by atoms with van der Waals surface area (Å²) in [5, 5.41) is 3.90. The molecule has 0 bridgehead atoms. The molecule has 22 heavy (non-hydrogen) atoms. The first-order valence-corrected chi connectivity index (χ1v) is 8.54. The number of nitrogens with zero attached hydrogens (tertiary/aromatic N) is 2. The van der Waals surface area contributed by atoms with E-state index < -0.39 is 0 Å². The molecule has 1 aliphatic carbocycles. The van der Waals surface area contributed by atoms with Gasteiger partial charge in [0.05, 0.1) is 16.7 Å². The zero-order valence-corrected chi connectivity index (χ0v) is 13.4. The van der Waals surface area contributed by atoms with Crippen LogP contribution in [0.1, 0.15) is 31.7 Å². The highest BCUT2D eigenvalue weighted by atomic mass is 32.2. The second kappa shape index (κ2) is 6.52. The van der Waals surface area contributed by atoms with Gasteiger partial charge in [-0.05, 0) is 25.0 Å². The van der Waals surface area contributed by atoms with Gasteiger partial charge in [-0.2, -0.15) is 0 Å². The summed E-state index contributed by atoms with van der Waals surface area (Å²) >= 11 is 1.34. The molecule has 6 heteroatoms. The van der Waals surface area contributed by atoms with Crippen molar-refractivity contribution in [2.75, 3.05) is 12.8 Å². The molecule has 0 spiro atoms. The fourth-order valence-corrected chi connectivity index (χ4v) is 3.85. The second-order valence-electron chi connectivity index (χ2n) is 5.49. The van der Waals surface area contributed by atoms with Crippen LogP contribution in [0.4, 0.5) is 0 Å².